The number of ether oxygens (including phenoxy) is 1. The quantitative estimate of drug-likeness (QED) is 0.316. The van der Waals surface area contributed by atoms with Crippen molar-refractivity contribution >= 4 is 16.9 Å². The number of rotatable bonds is 9. The van der Waals surface area contributed by atoms with Crippen molar-refractivity contribution in [3.8, 4) is 5.75 Å². The molecule has 33 heavy (non-hydrogen) atoms. The molecule has 2 aromatic rings. The van der Waals surface area contributed by atoms with Crippen molar-refractivity contribution in [1.82, 2.24) is 0 Å². The van der Waals surface area contributed by atoms with E-state index >= 15 is 0 Å². The molecule has 1 aromatic carbocycles. The first kappa shape index (κ1) is 26.9. The maximum absolute atomic E-state index is 12.8. The van der Waals surface area contributed by atoms with E-state index in [9.17, 15) is 41.7 Å². The normalized spacial score (nSPS) is 13.7. The van der Waals surface area contributed by atoms with Crippen molar-refractivity contribution in [2.75, 3.05) is 0 Å². The Kier molecular flexibility index (Phi) is 8.75. The van der Waals surface area contributed by atoms with Gasteiger partial charge in [0.15, 0.2) is 0 Å². The number of hydrogen-bond donors (Lipinski definition) is 3. The second kappa shape index (κ2) is 10.7. The number of aliphatic hydroxyl groups is 3. The number of alkyl halides is 6. The molecule has 3 N–H and O–H groups in total. The van der Waals surface area contributed by atoms with Gasteiger partial charge in [0.25, 0.3) is 5.60 Å². The molecule has 0 aliphatic heterocycles. The van der Waals surface area contributed by atoms with E-state index in [0.717, 1.165) is 11.0 Å². The van der Waals surface area contributed by atoms with Crippen molar-refractivity contribution in [1.29, 1.82) is 0 Å². The average molecular weight is 496 g/mol. The van der Waals surface area contributed by atoms with Crippen molar-refractivity contribution in [3.05, 3.63) is 69.4 Å². The molecule has 0 bridgehead atoms. The van der Waals surface area contributed by atoms with Gasteiger partial charge in [0.05, 0.1) is 13.2 Å². The molecule has 1 aromatic heterocycles. The summed E-state index contributed by atoms with van der Waals surface area (Å²) in [6, 6.07) is 8.22. The van der Waals surface area contributed by atoms with Gasteiger partial charge in [0, 0.05) is 9.75 Å². The van der Waals surface area contributed by atoms with E-state index in [4.69, 9.17) is 4.74 Å². The summed E-state index contributed by atoms with van der Waals surface area (Å²) in [5.74, 6) is 0.457. The van der Waals surface area contributed by atoms with Crippen molar-refractivity contribution in [3.63, 3.8) is 0 Å². The zero-order chi connectivity index (χ0) is 24.9. The molecule has 0 saturated heterocycles. The number of aliphatic hydroxyl groups excluding tert-OH is 2. The van der Waals surface area contributed by atoms with Crippen LogP contribution in [0.1, 0.15) is 34.2 Å². The molecule has 11 heteroatoms. The van der Waals surface area contributed by atoms with Gasteiger partial charge >= 0.3 is 12.4 Å². The lowest BCUT2D eigenvalue weighted by molar-refractivity contribution is -0.347. The van der Waals surface area contributed by atoms with Gasteiger partial charge in [-0.2, -0.15) is 26.3 Å². The van der Waals surface area contributed by atoms with Crippen LogP contribution in [0.3, 0.4) is 0 Å². The first-order chi connectivity index (χ1) is 15.4. The number of benzene rings is 1. The van der Waals surface area contributed by atoms with Crippen molar-refractivity contribution < 1.29 is 46.4 Å². The lowest BCUT2D eigenvalue weighted by atomic mass is 10.0. The summed E-state index contributed by atoms with van der Waals surface area (Å²) in [6.45, 7) is 1.33. The third kappa shape index (κ3) is 6.38. The summed E-state index contributed by atoms with van der Waals surface area (Å²) in [5.41, 5.74) is -3.38. The smallest absolute Gasteiger partial charge is 0.430 e. The largest absolute Gasteiger partial charge is 0.488 e. The fourth-order valence-corrected chi connectivity index (χ4v) is 3.82. The predicted molar refractivity (Wildman–Crippen MR) is 111 cm³/mol. The highest BCUT2D eigenvalue weighted by Crippen LogP contribution is 2.44. The minimum absolute atomic E-state index is 0.142. The van der Waals surface area contributed by atoms with Gasteiger partial charge in [-0.1, -0.05) is 25.1 Å². The molecule has 0 unspecified atom stereocenters. The molecule has 0 aliphatic rings. The molecule has 0 spiro atoms. The standard InChI is InChI=1S/C22H22F6O4S/c1-2-14(4-3-9-20(31,21(23,24)25)22(26,27)28)19-8-7-18(33-19)13-32-17-6-5-15(11-29)16(10-17)12-30/h3-10,29-31H,2,11-13H2,1H3. The maximum atomic E-state index is 12.8. The Labute approximate surface area is 190 Å². The van der Waals surface area contributed by atoms with Gasteiger partial charge in [0.1, 0.15) is 12.4 Å². The van der Waals surface area contributed by atoms with Crippen LogP contribution in [0.15, 0.2) is 48.6 Å². The number of thiophene rings is 1. The molecule has 0 radical (unpaired) electrons. The van der Waals surface area contributed by atoms with Crippen molar-refractivity contribution in [2.24, 2.45) is 0 Å². The van der Waals surface area contributed by atoms with Crippen LogP contribution in [0.25, 0.3) is 5.57 Å². The second-order valence-electron chi connectivity index (χ2n) is 6.97. The molecule has 1 heterocycles. The third-order valence-corrected chi connectivity index (χ3v) is 5.89. The zero-order valence-corrected chi connectivity index (χ0v) is 18.2. The van der Waals surface area contributed by atoms with Crippen LogP contribution in [0.4, 0.5) is 26.3 Å². The fourth-order valence-electron chi connectivity index (χ4n) is 2.80. The van der Waals surface area contributed by atoms with Crippen LogP contribution < -0.4 is 4.74 Å². The Morgan fingerprint density at radius 2 is 1.61 bits per heavy atom. The molecule has 2 rings (SSSR count). The van der Waals surface area contributed by atoms with E-state index in [2.05, 4.69) is 0 Å². The van der Waals surface area contributed by atoms with Gasteiger partial charge in [0.2, 0.25) is 0 Å². The minimum atomic E-state index is -5.92. The topological polar surface area (TPSA) is 69.9 Å². The molecule has 0 aliphatic carbocycles. The highest BCUT2D eigenvalue weighted by molar-refractivity contribution is 7.13. The summed E-state index contributed by atoms with van der Waals surface area (Å²) >= 11 is 1.25. The molecular formula is C22H22F6O4S. The first-order valence-electron chi connectivity index (χ1n) is 9.66. The second-order valence-corrected chi connectivity index (χ2v) is 8.14. The van der Waals surface area contributed by atoms with Gasteiger partial charge in [-0.3, -0.25) is 0 Å². The van der Waals surface area contributed by atoms with E-state index in [0.29, 0.717) is 39.8 Å². The van der Waals surface area contributed by atoms with E-state index in [1.54, 1.807) is 37.3 Å². The SMILES string of the molecule is CCC(=CC=CC(O)(C(F)(F)F)C(F)(F)F)c1ccc(COc2ccc(CO)c(CO)c2)s1. The maximum Gasteiger partial charge on any atom is 0.430 e. The Morgan fingerprint density at radius 3 is 2.15 bits per heavy atom. The Bertz CT molecular complexity index is 978. The van der Waals surface area contributed by atoms with Crippen LogP contribution in [0, 0.1) is 0 Å². The van der Waals surface area contributed by atoms with Gasteiger partial charge in [-0.05, 0) is 53.5 Å². The zero-order valence-electron chi connectivity index (χ0n) is 17.4. The highest BCUT2D eigenvalue weighted by Gasteiger charge is 2.68. The van der Waals surface area contributed by atoms with Gasteiger partial charge in [-0.15, -0.1) is 11.3 Å². The van der Waals surface area contributed by atoms with Gasteiger partial charge in [-0.25, -0.2) is 0 Å². The van der Waals surface area contributed by atoms with Crippen molar-refractivity contribution in [2.45, 2.75) is 51.1 Å². The van der Waals surface area contributed by atoms with E-state index in [1.807, 2.05) is 0 Å². The van der Waals surface area contributed by atoms with E-state index in [-0.39, 0.29) is 25.9 Å². The summed E-state index contributed by atoms with van der Waals surface area (Å²) in [6.07, 6.45) is -10.2. The summed E-state index contributed by atoms with van der Waals surface area (Å²) in [5, 5.41) is 27.8. The van der Waals surface area contributed by atoms with Crippen LogP contribution in [0.2, 0.25) is 0 Å². The van der Waals surface area contributed by atoms with Crippen LogP contribution in [-0.4, -0.2) is 33.3 Å². The lowest BCUT2D eigenvalue weighted by Crippen LogP contribution is -2.55. The Hall–Kier alpha value is -2.34. The third-order valence-electron chi connectivity index (χ3n) is 4.76. The van der Waals surface area contributed by atoms with E-state index < -0.39 is 18.0 Å². The molecular weight excluding hydrogens is 474 g/mol. The molecule has 0 atom stereocenters. The molecule has 0 saturated carbocycles. The van der Waals surface area contributed by atoms with E-state index in [1.165, 1.54) is 11.3 Å². The first-order valence-corrected chi connectivity index (χ1v) is 10.5. The molecule has 182 valence electrons. The summed E-state index contributed by atoms with van der Waals surface area (Å²) < 4.78 is 82.3. The predicted octanol–water partition coefficient (Wildman–Crippen LogP) is 5.52. The summed E-state index contributed by atoms with van der Waals surface area (Å²) in [4.78, 5) is 1.36. The fraction of sp³-hybridized carbons (Fsp3) is 0.364. The minimum Gasteiger partial charge on any atom is -0.488 e. The number of halogens is 6. The Morgan fingerprint density at radius 1 is 0.970 bits per heavy atom. The molecule has 4 nitrogen and oxygen atoms in total. The number of allylic oxidation sites excluding steroid dienone is 3. The van der Waals surface area contributed by atoms with Crippen LogP contribution in [-0.2, 0) is 19.8 Å². The molecule has 0 amide bonds. The lowest BCUT2D eigenvalue weighted by Gasteiger charge is -2.29. The Balaban J connectivity index is 2.15. The monoisotopic (exact) mass is 496 g/mol. The highest BCUT2D eigenvalue weighted by atomic mass is 32.1. The summed E-state index contributed by atoms with van der Waals surface area (Å²) in [7, 11) is 0. The van der Waals surface area contributed by atoms with Crippen LogP contribution in [0.5, 0.6) is 5.75 Å². The van der Waals surface area contributed by atoms with Gasteiger partial charge < -0.3 is 20.1 Å². The average Bonchev–Trinajstić information content (AvgIpc) is 3.22. The van der Waals surface area contributed by atoms with Crippen LogP contribution >= 0.6 is 11.3 Å². The molecule has 0 fully saturated rings. The number of hydrogen-bond acceptors (Lipinski definition) is 5.